The lowest BCUT2D eigenvalue weighted by molar-refractivity contribution is 0.235. The van der Waals surface area contributed by atoms with E-state index in [1.54, 1.807) is 0 Å². The van der Waals surface area contributed by atoms with Crippen molar-refractivity contribution in [2.75, 3.05) is 18.1 Å². The maximum atomic E-state index is 11.7. The molecule has 0 bridgehead atoms. The molecule has 2 aliphatic rings. The normalized spacial score (nSPS) is 26.8. The molecule has 1 atom stereocenters. The second-order valence-electron chi connectivity index (χ2n) is 5.42. The average molecular weight is 286 g/mol. The van der Waals surface area contributed by atoms with Crippen LogP contribution < -0.4 is 10.6 Å². The van der Waals surface area contributed by atoms with Crippen LogP contribution in [0.25, 0.3) is 0 Å². The van der Waals surface area contributed by atoms with Crippen LogP contribution in [0.1, 0.15) is 32.1 Å². The molecule has 0 aromatic carbocycles. The predicted octanol–water partition coefficient (Wildman–Crippen LogP) is 1.22. The van der Waals surface area contributed by atoms with Crippen LogP contribution in [0.2, 0.25) is 0 Å². The fourth-order valence-electron chi connectivity index (χ4n) is 2.53. The molecular weight excluding hydrogens is 264 g/mol. The maximum Gasteiger partial charge on any atom is 0.315 e. The Bertz CT molecular complexity index is 431. The van der Waals surface area contributed by atoms with Gasteiger partial charge in [-0.3, -0.25) is 0 Å². The third kappa shape index (κ3) is 4.86. The Morgan fingerprint density at radius 3 is 2.58 bits per heavy atom. The highest BCUT2D eigenvalue weighted by Crippen LogP contribution is 2.17. The van der Waals surface area contributed by atoms with Gasteiger partial charge in [0.1, 0.15) is 9.84 Å². The van der Waals surface area contributed by atoms with Crippen molar-refractivity contribution in [3.05, 3.63) is 12.2 Å². The van der Waals surface area contributed by atoms with Gasteiger partial charge in [0.05, 0.1) is 11.5 Å². The van der Waals surface area contributed by atoms with Crippen molar-refractivity contribution in [2.24, 2.45) is 5.92 Å². The molecule has 1 aliphatic heterocycles. The number of allylic oxidation sites excluding steroid dienone is 1. The van der Waals surface area contributed by atoms with E-state index >= 15 is 0 Å². The standard InChI is InChI=1S/C13H22N2O3S/c16-13(15-12-4-2-1-3-5-12)14-10-11-6-8-19(17,18)9-7-11/h2,4,11-12H,1,3,5-10H2,(H2,14,15,16). The van der Waals surface area contributed by atoms with Gasteiger partial charge in [0, 0.05) is 12.6 Å². The summed E-state index contributed by atoms with van der Waals surface area (Å²) in [6, 6.07) is -0.00883. The molecule has 1 unspecified atom stereocenters. The molecule has 19 heavy (non-hydrogen) atoms. The number of rotatable bonds is 3. The Kier molecular flexibility index (Phi) is 4.85. The molecule has 6 heteroatoms. The second-order valence-corrected chi connectivity index (χ2v) is 7.72. The molecule has 5 nitrogen and oxygen atoms in total. The van der Waals surface area contributed by atoms with Crippen molar-refractivity contribution in [3.63, 3.8) is 0 Å². The van der Waals surface area contributed by atoms with Crippen LogP contribution in [0.3, 0.4) is 0 Å². The van der Waals surface area contributed by atoms with E-state index in [0.29, 0.717) is 19.4 Å². The zero-order chi connectivity index (χ0) is 13.7. The molecule has 0 aromatic rings. The van der Waals surface area contributed by atoms with E-state index in [1.807, 2.05) is 6.08 Å². The summed E-state index contributed by atoms with van der Waals surface area (Å²) < 4.78 is 22.6. The van der Waals surface area contributed by atoms with Crippen molar-refractivity contribution < 1.29 is 13.2 Å². The first-order valence-electron chi connectivity index (χ1n) is 6.96. The van der Waals surface area contributed by atoms with E-state index in [-0.39, 0.29) is 29.5 Å². The fraction of sp³-hybridized carbons (Fsp3) is 0.769. The molecule has 2 amide bonds. The van der Waals surface area contributed by atoms with Crippen LogP contribution in [0.4, 0.5) is 4.79 Å². The summed E-state index contributed by atoms with van der Waals surface area (Å²) in [4.78, 5) is 11.7. The molecule has 0 spiro atoms. The number of amides is 2. The van der Waals surface area contributed by atoms with Crippen molar-refractivity contribution in [2.45, 2.75) is 38.1 Å². The molecule has 1 fully saturated rings. The first kappa shape index (κ1) is 14.4. The van der Waals surface area contributed by atoms with E-state index in [9.17, 15) is 13.2 Å². The minimum Gasteiger partial charge on any atom is -0.338 e. The number of nitrogens with one attached hydrogen (secondary N) is 2. The number of carbonyl (C=O) groups is 1. The zero-order valence-electron chi connectivity index (χ0n) is 11.1. The van der Waals surface area contributed by atoms with Gasteiger partial charge in [-0.05, 0) is 38.0 Å². The zero-order valence-corrected chi connectivity index (χ0v) is 11.9. The molecule has 1 saturated heterocycles. The van der Waals surface area contributed by atoms with Gasteiger partial charge in [0.2, 0.25) is 0 Å². The van der Waals surface area contributed by atoms with E-state index in [2.05, 4.69) is 16.7 Å². The highest BCUT2D eigenvalue weighted by Gasteiger charge is 2.23. The Morgan fingerprint density at radius 1 is 1.21 bits per heavy atom. The predicted molar refractivity (Wildman–Crippen MR) is 74.7 cm³/mol. The number of carbonyl (C=O) groups excluding carboxylic acids is 1. The third-order valence-electron chi connectivity index (χ3n) is 3.80. The van der Waals surface area contributed by atoms with Crippen LogP contribution in [0.15, 0.2) is 12.2 Å². The first-order chi connectivity index (χ1) is 9.05. The van der Waals surface area contributed by atoms with Gasteiger partial charge < -0.3 is 10.6 Å². The van der Waals surface area contributed by atoms with Crippen LogP contribution >= 0.6 is 0 Å². The second kappa shape index (κ2) is 6.41. The Hall–Kier alpha value is -1.04. The van der Waals surface area contributed by atoms with Crippen molar-refractivity contribution in [3.8, 4) is 0 Å². The minimum atomic E-state index is -2.81. The van der Waals surface area contributed by atoms with Crippen molar-refractivity contribution in [1.29, 1.82) is 0 Å². The number of sulfone groups is 1. The largest absolute Gasteiger partial charge is 0.338 e. The van der Waals surface area contributed by atoms with Gasteiger partial charge >= 0.3 is 6.03 Å². The monoisotopic (exact) mass is 286 g/mol. The molecule has 1 heterocycles. The highest BCUT2D eigenvalue weighted by atomic mass is 32.2. The molecule has 0 radical (unpaired) electrons. The van der Waals surface area contributed by atoms with Gasteiger partial charge in [-0.1, -0.05) is 12.2 Å². The smallest absolute Gasteiger partial charge is 0.315 e. The lowest BCUT2D eigenvalue weighted by Gasteiger charge is -2.23. The quantitative estimate of drug-likeness (QED) is 0.766. The summed E-state index contributed by atoms with van der Waals surface area (Å²) in [6.07, 6.45) is 8.65. The van der Waals surface area contributed by atoms with Crippen LogP contribution in [-0.4, -0.2) is 38.5 Å². The van der Waals surface area contributed by atoms with Gasteiger partial charge in [-0.2, -0.15) is 0 Å². The number of urea groups is 1. The molecule has 2 rings (SSSR count). The lowest BCUT2D eigenvalue weighted by Crippen LogP contribution is -2.44. The summed E-state index contributed by atoms with van der Waals surface area (Å²) in [7, 11) is -2.81. The van der Waals surface area contributed by atoms with Crippen LogP contribution in [0, 0.1) is 5.92 Å². The minimum absolute atomic E-state index is 0.139. The molecular formula is C13H22N2O3S. The lowest BCUT2D eigenvalue weighted by atomic mass is 10.0. The summed E-state index contributed by atoms with van der Waals surface area (Å²) in [5.74, 6) is 0.801. The van der Waals surface area contributed by atoms with Gasteiger partial charge in [-0.15, -0.1) is 0 Å². The molecule has 108 valence electrons. The number of hydrogen-bond donors (Lipinski definition) is 2. The van der Waals surface area contributed by atoms with E-state index in [4.69, 9.17) is 0 Å². The Labute approximate surface area is 114 Å². The summed E-state index contributed by atoms with van der Waals surface area (Å²) >= 11 is 0. The SMILES string of the molecule is O=C(NCC1CCS(=O)(=O)CC1)NC1C=CCCC1. The summed E-state index contributed by atoms with van der Waals surface area (Å²) in [5.41, 5.74) is 0. The Morgan fingerprint density at radius 2 is 1.95 bits per heavy atom. The number of hydrogen-bond acceptors (Lipinski definition) is 3. The third-order valence-corrected chi connectivity index (χ3v) is 5.51. The van der Waals surface area contributed by atoms with Gasteiger partial charge in [0.15, 0.2) is 0 Å². The fourth-order valence-corrected chi connectivity index (χ4v) is 4.12. The van der Waals surface area contributed by atoms with E-state index in [1.165, 1.54) is 0 Å². The van der Waals surface area contributed by atoms with Crippen LogP contribution in [0.5, 0.6) is 0 Å². The molecule has 0 aromatic heterocycles. The van der Waals surface area contributed by atoms with Crippen molar-refractivity contribution >= 4 is 15.9 Å². The molecule has 2 N–H and O–H groups in total. The average Bonchev–Trinajstić information content (AvgIpc) is 2.39. The van der Waals surface area contributed by atoms with E-state index in [0.717, 1.165) is 19.3 Å². The van der Waals surface area contributed by atoms with Crippen molar-refractivity contribution in [1.82, 2.24) is 10.6 Å². The molecule has 1 aliphatic carbocycles. The molecule has 0 saturated carbocycles. The van der Waals surface area contributed by atoms with Gasteiger partial charge in [0.25, 0.3) is 0 Å². The first-order valence-corrected chi connectivity index (χ1v) is 8.79. The topological polar surface area (TPSA) is 75.3 Å². The summed E-state index contributed by atoms with van der Waals surface area (Å²) in [5, 5.41) is 5.77. The van der Waals surface area contributed by atoms with Gasteiger partial charge in [-0.25, -0.2) is 13.2 Å². The Balaban J connectivity index is 1.66. The summed E-state index contributed by atoms with van der Waals surface area (Å²) in [6.45, 7) is 0.567. The highest BCUT2D eigenvalue weighted by molar-refractivity contribution is 7.91. The van der Waals surface area contributed by atoms with E-state index < -0.39 is 9.84 Å². The maximum absolute atomic E-state index is 11.7. The van der Waals surface area contributed by atoms with Crippen LogP contribution in [-0.2, 0) is 9.84 Å².